The average Bonchev–Trinajstić information content (AvgIpc) is 3.21. The van der Waals surface area contributed by atoms with Gasteiger partial charge in [0, 0.05) is 30.0 Å². The van der Waals surface area contributed by atoms with Gasteiger partial charge in [0.05, 0.1) is 6.54 Å². The second-order valence-electron chi connectivity index (χ2n) is 7.54. The lowest BCUT2D eigenvalue weighted by Gasteiger charge is -2.42. The molecule has 1 heterocycles. The van der Waals surface area contributed by atoms with Crippen LogP contribution in [0.3, 0.4) is 0 Å². The molecule has 6 nitrogen and oxygen atoms in total. The highest BCUT2D eigenvalue weighted by Crippen LogP contribution is 2.43. The quantitative estimate of drug-likeness (QED) is 0.637. The third-order valence-electron chi connectivity index (χ3n) is 5.58. The van der Waals surface area contributed by atoms with Crippen LogP contribution in [0.25, 0.3) is 0 Å². The molecule has 3 aromatic rings. The van der Waals surface area contributed by atoms with E-state index in [0.29, 0.717) is 18.8 Å². The van der Waals surface area contributed by atoms with E-state index in [2.05, 4.69) is 27.9 Å². The summed E-state index contributed by atoms with van der Waals surface area (Å²) in [5.41, 5.74) is 2.75. The van der Waals surface area contributed by atoms with Crippen molar-refractivity contribution in [1.29, 1.82) is 0 Å². The molecule has 0 spiro atoms. The molecule has 1 saturated carbocycles. The van der Waals surface area contributed by atoms with Gasteiger partial charge in [0.1, 0.15) is 0 Å². The van der Waals surface area contributed by atoms with Crippen LogP contribution >= 0.6 is 0 Å². The topological polar surface area (TPSA) is 76.0 Å². The Morgan fingerprint density at radius 1 is 1.00 bits per heavy atom. The van der Waals surface area contributed by atoms with E-state index < -0.39 is 11.8 Å². The zero-order chi connectivity index (χ0) is 20.1. The number of anilines is 1. The number of benzene rings is 2. The maximum atomic E-state index is 12.4. The molecule has 2 aromatic carbocycles. The molecule has 1 aliphatic rings. The lowest BCUT2D eigenvalue weighted by molar-refractivity contribution is -0.136. The van der Waals surface area contributed by atoms with Gasteiger partial charge in [-0.1, -0.05) is 48.9 Å². The van der Waals surface area contributed by atoms with Gasteiger partial charge in [-0.3, -0.25) is 14.3 Å². The summed E-state index contributed by atoms with van der Waals surface area (Å²) in [6.45, 7) is 1.07. The minimum Gasteiger partial charge on any atom is -0.347 e. The van der Waals surface area contributed by atoms with E-state index in [9.17, 15) is 9.59 Å². The van der Waals surface area contributed by atoms with Crippen molar-refractivity contribution in [3.8, 4) is 0 Å². The Balaban J connectivity index is 1.34. The standard InChI is InChI=1S/C23H24N4O2/c28-21(24-17-23(11-5-12-23)19-8-2-1-3-9-19)22(29)26-20-10-4-7-18(15-20)16-27-14-6-13-25-27/h1-4,6-10,13-15H,5,11-12,16-17H2,(H,24,28)(H,26,29). The molecule has 1 aliphatic carbocycles. The maximum Gasteiger partial charge on any atom is 0.313 e. The normalized spacial score (nSPS) is 14.6. The summed E-state index contributed by atoms with van der Waals surface area (Å²) in [6, 6.07) is 19.5. The monoisotopic (exact) mass is 388 g/mol. The van der Waals surface area contributed by atoms with Crippen LogP contribution in [0, 0.1) is 0 Å². The van der Waals surface area contributed by atoms with Crippen molar-refractivity contribution >= 4 is 17.5 Å². The molecule has 2 N–H and O–H groups in total. The fraction of sp³-hybridized carbons (Fsp3) is 0.261. The molecule has 6 heteroatoms. The first-order valence-electron chi connectivity index (χ1n) is 9.86. The van der Waals surface area contributed by atoms with Gasteiger partial charge in [0.2, 0.25) is 0 Å². The first-order valence-corrected chi connectivity index (χ1v) is 9.86. The number of carbonyl (C=O) groups excluding carboxylic acids is 2. The highest BCUT2D eigenvalue weighted by atomic mass is 16.2. The van der Waals surface area contributed by atoms with Crippen LogP contribution in [-0.2, 0) is 21.5 Å². The second kappa shape index (κ2) is 8.31. The van der Waals surface area contributed by atoms with Crippen LogP contribution in [0.4, 0.5) is 5.69 Å². The molecule has 148 valence electrons. The summed E-state index contributed by atoms with van der Waals surface area (Å²) in [7, 11) is 0. The zero-order valence-corrected chi connectivity index (χ0v) is 16.2. The van der Waals surface area contributed by atoms with Gasteiger partial charge >= 0.3 is 11.8 Å². The van der Waals surface area contributed by atoms with Crippen molar-refractivity contribution < 1.29 is 9.59 Å². The van der Waals surface area contributed by atoms with Gasteiger partial charge in [0.15, 0.2) is 0 Å². The third-order valence-corrected chi connectivity index (χ3v) is 5.58. The van der Waals surface area contributed by atoms with Gasteiger partial charge in [-0.2, -0.15) is 5.10 Å². The Morgan fingerprint density at radius 3 is 2.52 bits per heavy atom. The first kappa shape index (κ1) is 18.9. The molecule has 2 amide bonds. The Hall–Kier alpha value is -3.41. The van der Waals surface area contributed by atoms with Crippen molar-refractivity contribution in [2.24, 2.45) is 0 Å². The SMILES string of the molecule is O=C(NCC1(c2ccccc2)CCC1)C(=O)Nc1cccc(Cn2cccn2)c1. The van der Waals surface area contributed by atoms with Crippen LogP contribution in [0.2, 0.25) is 0 Å². The van der Waals surface area contributed by atoms with Crippen LogP contribution in [0.15, 0.2) is 73.1 Å². The first-order chi connectivity index (χ1) is 14.1. The molecule has 4 rings (SSSR count). The molecule has 0 unspecified atom stereocenters. The smallest absolute Gasteiger partial charge is 0.313 e. The number of amides is 2. The number of aromatic nitrogens is 2. The number of hydrogen-bond acceptors (Lipinski definition) is 3. The van der Waals surface area contributed by atoms with Gasteiger partial charge in [0.25, 0.3) is 0 Å². The van der Waals surface area contributed by atoms with Crippen molar-refractivity contribution in [2.45, 2.75) is 31.2 Å². The number of carbonyl (C=O) groups is 2. The van der Waals surface area contributed by atoms with E-state index in [0.717, 1.165) is 24.8 Å². The zero-order valence-electron chi connectivity index (χ0n) is 16.2. The number of rotatable bonds is 6. The summed E-state index contributed by atoms with van der Waals surface area (Å²) < 4.78 is 1.80. The van der Waals surface area contributed by atoms with Crippen molar-refractivity contribution in [2.75, 3.05) is 11.9 Å². The molecule has 0 radical (unpaired) electrons. The van der Waals surface area contributed by atoms with Crippen molar-refractivity contribution in [1.82, 2.24) is 15.1 Å². The average molecular weight is 388 g/mol. The number of hydrogen-bond donors (Lipinski definition) is 2. The summed E-state index contributed by atoms with van der Waals surface area (Å²) in [5.74, 6) is -1.26. The predicted octanol–water partition coefficient (Wildman–Crippen LogP) is 3.11. The summed E-state index contributed by atoms with van der Waals surface area (Å²) >= 11 is 0. The van der Waals surface area contributed by atoms with Gasteiger partial charge < -0.3 is 10.6 Å². The van der Waals surface area contributed by atoms with Crippen LogP contribution in [0.5, 0.6) is 0 Å². The summed E-state index contributed by atoms with van der Waals surface area (Å²) in [6.07, 6.45) is 6.78. The van der Waals surface area contributed by atoms with Crippen LogP contribution in [-0.4, -0.2) is 28.1 Å². The molecule has 1 aromatic heterocycles. The lowest BCUT2D eigenvalue weighted by atomic mass is 9.64. The Morgan fingerprint density at radius 2 is 1.83 bits per heavy atom. The summed E-state index contributed by atoms with van der Waals surface area (Å²) in [5, 5.41) is 9.70. The van der Waals surface area contributed by atoms with Crippen LogP contribution in [0.1, 0.15) is 30.4 Å². The highest BCUT2D eigenvalue weighted by molar-refractivity contribution is 6.39. The molecular weight excluding hydrogens is 364 g/mol. The van der Waals surface area contributed by atoms with E-state index in [1.165, 1.54) is 5.56 Å². The molecule has 0 bridgehead atoms. The Kier molecular flexibility index (Phi) is 5.42. The Labute approximate surface area is 169 Å². The molecule has 0 atom stereocenters. The van der Waals surface area contributed by atoms with E-state index in [4.69, 9.17) is 0 Å². The second-order valence-corrected chi connectivity index (χ2v) is 7.54. The Bertz CT molecular complexity index is 979. The van der Waals surface area contributed by atoms with Gasteiger partial charge in [-0.25, -0.2) is 0 Å². The van der Waals surface area contributed by atoms with E-state index in [1.807, 2.05) is 48.7 Å². The minimum absolute atomic E-state index is 0.0547. The molecule has 0 aliphatic heterocycles. The summed E-state index contributed by atoms with van der Waals surface area (Å²) in [4.78, 5) is 24.7. The van der Waals surface area contributed by atoms with E-state index in [1.54, 1.807) is 16.9 Å². The molecular formula is C23H24N4O2. The molecule has 1 fully saturated rings. The molecule has 29 heavy (non-hydrogen) atoms. The predicted molar refractivity (Wildman–Crippen MR) is 111 cm³/mol. The number of nitrogens with zero attached hydrogens (tertiary/aromatic N) is 2. The molecule has 0 saturated heterocycles. The van der Waals surface area contributed by atoms with Gasteiger partial charge in [-0.05, 0) is 42.2 Å². The van der Waals surface area contributed by atoms with Gasteiger partial charge in [-0.15, -0.1) is 0 Å². The van der Waals surface area contributed by atoms with Crippen molar-refractivity contribution in [3.05, 3.63) is 84.2 Å². The fourth-order valence-electron chi connectivity index (χ4n) is 3.81. The van der Waals surface area contributed by atoms with E-state index >= 15 is 0 Å². The number of nitrogens with one attached hydrogen (secondary N) is 2. The lowest BCUT2D eigenvalue weighted by Crippen LogP contribution is -2.48. The largest absolute Gasteiger partial charge is 0.347 e. The third kappa shape index (κ3) is 4.37. The maximum absolute atomic E-state index is 12.4. The van der Waals surface area contributed by atoms with Crippen LogP contribution < -0.4 is 10.6 Å². The fourth-order valence-corrected chi connectivity index (χ4v) is 3.81. The van der Waals surface area contributed by atoms with Crippen molar-refractivity contribution in [3.63, 3.8) is 0 Å². The highest BCUT2D eigenvalue weighted by Gasteiger charge is 2.39. The minimum atomic E-state index is -0.649. The van der Waals surface area contributed by atoms with E-state index in [-0.39, 0.29) is 5.41 Å².